The van der Waals surface area contributed by atoms with E-state index in [0.29, 0.717) is 37.9 Å². The number of hydrogen-bond donors (Lipinski definition) is 0. The van der Waals surface area contributed by atoms with Gasteiger partial charge < -0.3 is 19.1 Å². The van der Waals surface area contributed by atoms with E-state index < -0.39 is 10.2 Å². The van der Waals surface area contributed by atoms with E-state index in [0.717, 1.165) is 42.6 Å². The summed E-state index contributed by atoms with van der Waals surface area (Å²) in [5.41, 5.74) is 1.63. The van der Waals surface area contributed by atoms with Crippen LogP contribution in [0.1, 0.15) is 57.1 Å². The summed E-state index contributed by atoms with van der Waals surface area (Å²) in [4.78, 5) is 17.8. The lowest BCUT2D eigenvalue weighted by molar-refractivity contribution is 0.0683. The van der Waals surface area contributed by atoms with E-state index >= 15 is 0 Å². The van der Waals surface area contributed by atoms with Crippen LogP contribution in [0.15, 0.2) is 24.3 Å². The predicted molar refractivity (Wildman–Crippen MR) is 143 cm³/mol. The van der Waals surface area contributed by atoms with Crippen molar-refractivity contribution in [3.63, 3.8) is 0 Å². The molecule has 0 radical (unpaired) electrons. The molecule has 0 atom stereocenters. The molecule has 2 aliphatic rings. The van der Waals surface area contributed by atoms with Crippen LogP contribution in [0, 0.1) is 0 Å². The molecule has 1 aromatic carbocycles. The van der Waals surface area contributed by atoms with Gasteiger partial charge in [0.2, 0.25) is 0 Å². The summed E-state index contributed by atoms with van der Waals surface area (Å²) >= 11 is 0. The van der Waals surface area contributed by atoms with Gasteiger partial charge in [-0.2, -0.15) is 17.0 Å². The van der Waals surface area contributed by atoms with E-state index in [9.17, 15) is 13.2 Å². The Hall–Kier alpha value is -2.14. The first-order valence-corrected chi connectivity index (χ1v) is 14.4. The number of benzene rings is 1. The summed E-state index contributed by atoms with van der Waals surface area (Å²) in [6, 6.07) is 8.72. The Labute approximate surface area is 215 Å². The Morgan fingerprint density at radius 1 is 0.944 bits per heavy atom. The second kappa shape index (κ2) is 10.7. The zero-order valence-corrected chi connectivity index (χ0v) is 23.3. The molecule has 10 heteroatoms. The van der Waals surface area contributed by atoms with Crippen molar-refractivity contribution in [2.45, 2.75) is 58.7 Å². The molecule has 0 N–H and O–H groups in total. The molecule has 0 saturated carbocycles. The SMILES string of the molecule is CC(C)N1CCC(Oc2ccc3c(c2)cc(C(=O)N2CCN(S(=O)(=O)N(C)C)CC2)n3C(C)C)CC1. The molecule has 0 aliphatic carbocycles. The van der Waals surface area contributed by atoms with Crippen LogP contribution in [0.3, 0.4) is 0 Å². The van der Waals surface area contributed by atoms with Crippen LogP contribution in [-0.4, -0.2) is 103 Å². The fraction of sp³-hybridized carbons (Fsp3) is 0.654. The van der Waals surface area contributed by atoms with Gasteiger partial charge in [-0.1, -0.05) is 0 Å². The number of ether oxygens (including phenoxy) is 1. The highest BCUT2D eigenvalue weighted by molar-refractivity contribution is 7.86. The van der Waals surface area contributed by atoms with E-state index in [1.165, 1.54) is 22.7 Å². The van der Waals surface area contributed by atoms with Crippen molar-refractivity contribution < 1.29 is 17.9 Å². The third kappa shape index (κ3) is 5.41. The molecule has 2 fully saturated rings. The molecule has 0 unspecified atom stereocenters. The van der Waals surface area contributed by atoms with Crippen molar-refractivity contribution in [3.8, 4) is 5.75 Å². The lowest BCUT2D eigenvalue weighted by atomic mass is 10.1. The first kappa shape index (κ1) is 26.9. The summed E-state index contributed by atoms with van der Waals surface area (Å²) in [5, 5.41) is 0.984. The number of piperidine rings is 1. The molecular formula is C26H41N5O4S. The van der Waals surface area contributed by atoms with E-state index in [2.05, 4.69) is 37.2 Å². The maximum Gasteiger partial charge on any atom is 0.281 e. The quantitative estimate of drug-likeness (QED) is 0.562. The minimum absolute atomic E-state index is 0.0645. The van der Waals surface area contributed by atoms with Crippen molar-refractivity contribution in [1.29, 1.82) is 0 Å². The molecule has 2 saturated heterocycles. The van der Waals surface area contributed by atoms with Crippen molar-refractivity contribution in [1.82, 2.24) is 23.0 Å². The zero-order valence-electron chi connectivity index (χ0n) is 22.5. The average Bonchev–Trinajstić information content (AvgIpc) is 3.23. The van der Waals surface area contributed by atoms with Gasteiger partial charge in [0.15, 0.2) is 0 Å². The summed E-state index contributed by atoms with van der Waals surface area (Å²) < 4.78 is 36.0. The number of hydrogen-bond acceptors (Lipinski definition) is 5. The number of nitrogens with zero attached hydrogens (tertiary/aromatic N) is 5. The molecule has 3 heterocycles. The van der Waals surface area contributed by atoms with Gasteiger partial charge in [0.05, 0.1) is 0 Å². The molecular weight excluding hydrogens is 478 g/mol. The highest BCUT2D eigenvalue weighted by Gasteiger charge is 2.32. The zero-order chi connectivity index (χ0) is 26.2. The lowest BCUT2D eigenvalue weighted by Gasteiger charge is -2.35. The largest absolute Gasteiger partial charge is 0.490 e. The number of rotatable bonds is 7. The van der Waals surface area contributed by atoms with Gasteiger partial charge >= 0.3 is 0 Å². The minimum Gasteiger partial charge on any atom is -0.490 e. The molecule has 36 heavy (non-hydrogen) atoms. The number of amides is 1. The number of aromatic nitrogens is 1. The molecule has 2 aliphatic heterocycles. The molecule has 0 spiro atoms. The van der Waals surface area contributed by atoms with Gasteiger partial charge in [-0.25, -0.2) is 0 Å². The summed E-state index contributed by atoms with van der Waals surface area (Å²) in [6.07, 6.45) is 2.24. The van der Waals surface area contributed by atoms with Crippen LogP contribution in [0.25, 0.3) is 10.9 Å². The Balaban J connectivity index is 1.50. The standard InChI is InChI=1S/C26H41N5O4S/c1-19(2)28-11-9-22(10-12-28)35-23-7-8-24-21(17-23)18-25(31(24)20(3)4)26(32)29-13-15-30(16-14-29)36(33,34)27(5)6/h7-8,17-20,22H,9-16H2,1-6H3. The smallest absolute Gasteiger partial charge is 0.281 e. The highest BCUT2D eigenvalue weighted by Crippen LogP contribution is 2.30. The van der Waals surface area contributed by atoms with Crippen molar-refractivity contribution >= 4 is 27.0 Å². The molecule has 9 nitrogen and oxygen atoms in total. The topological polar surface area (TPSA) is 78.3 Å². The Bertz CT molecular complexity index is 1170. The fourth-order valence-corrected chi connectivity index (χ4v) is 6.31. The normalized spacial score (nSPS) is 19.2. The number of fused-ring (bicyclic) bond motifs is 1. The van der Waals surface area contributed by atoms with Gasteiger partial charge in [0.1, 0.15) is 17.5 Å². The molecule has 1 aromatic heterocycles. The lowest BCUT2D eigenvalue weighted by Crippen LogP contribution is -2.53. The minimum atomic E-state index is -3.47. The van der Waals surface area contributed by atoms with Crippen LogP contribution in [0.5, 0.6) is 5.75 Å². The number of likely N-dealkylation sites (tertiary alicyclic amines) is 1. The highest BCUT2D eigenvalue weighted by atomic mass is 32.2. The van der Waals surface area contributed by atoms with E-state index in [1.54, 1.807) is 4.90 Å². The predicted octanol–water partition coefficient (Wildman–Crippen LogP) is 3.04. The Morgan fingerprint density at radius 3 is 2.14 bits per heavy atom. The monoisotopic (exact) mass is 519 g/mol. The first-order chi connectivity index (χ1) is 17.0. The third-order valence-corrected chi connectivity index (χ3v) is 9.31. The van der Waals surface area contributed by atoms with Crippen LogP contribution >= 0.6 is 0 Å². The summed E-state index contributed by atoms with van der Waals surface area (Å²) in [5.74, 6) is 0.776. The van der Waals surface area contributed by atoms with Crippen molar-refractivity contribution in [2.75, 3.05) is 53.4 Å². The molecule has 2 aromatic rings. The fourth-order valence-electron chi connectivity index (χ4n) is 5.23. The molecule has 4 rings (SSSR count). The van der Waals surface area contributed by atoms with Crippen LogP contribution in [0.4, 0.5) is 0 Å². The van der Waals surface area contributed by atoms with Gasteiger partial charge in [-0.3, -0.25) is 4.79 Å². The van der Waals surface area contributed by atoms with Crippen LogP contribution in [0.2, 0.25) is 0 Å². The van der Waals surface area contributed by atoms with E-state index in [1.807, 2.05) is 24.3 Å². The van der Waals surface area contributed by atoms with Crippen LogP contribution in [-0.2, 0) is 10.2 Å². The molecule has 1 amide bonds. The first-order valence-electron chi connectivity index (χ1n) is 13.0. The van der Waals surface area contributed by atoms with E-state index in [-0.39, 0.29) is 18.1 Å². The second-order valence-electron chi connectivity index (χ2n) is 10.6. The average molecular weight is 520 g/mol. The number of carbonyl (C=O) groups excluding carboxylic acids is 1. The van der Waals surface area contributed by atoms with Gasteiger partial charge in [0, 0.05) is 76.4 Å². The van der Waals surface area contributed by atoms with Crippen molar-refractivity contribution in [3.05, 3.63) is 30.0 Å². The molecule has 0 bridgehead atoms. The Morgan fingerprint density at radius 2 is 1.58 bits per heavy atom. The summed E-state index contributed by atoms with van der Waals surface area (Å²) in [6.45, 7) is 12.0. The second-order valence-corrected chi connectivity index (χ2v) is 12.8. The molecule has 200 valence electrons. The Kier molecular flexibility index (Phi) is 7.99. The number of carbonyl (C=O) groups is 1. The number of piperazine rings is 1. The van der Waals surface area contributed by atoms with Crippen molar-refractivity contribution in [2.24, 2.45) is 0 Å². The van der Waals surface area contributed by atoms with Gasteiger partial charge in [0.25, 0.3) is 16.1 Å². The van der Waals surface area contributed by atoms with Gasteiger partial charge in [-0.05, 0) is 64.8 Å². The van der Waals surface area contributed by atoms with E-state index in [4.69, 9.17) is 4.74 Å². The third-order valence-electron chi connectivity index (χ3n) is 7.37. The maximum absolute atomic E-state index is 13.6. The maximum atomic E-state index is 13.6. The van der Waals surface area contributed by atoms with Gasteiger partial charge in [-0.15, -0.1) is 0 Å². The summed E-state index contributed by atoms with van der Waals surface area (Å²) in [7, 11) is -0.417. The van der Waals surface area contributed by atoms with Crippen LogP contribution < -0.4 is 4.74 Å².